The van der Waals surface area contributed by atoms with Crippen molar-refractivity contribution >= 4 is 5.91 Å². The van der Waals surface area contributed by atoms with Gasteiger partial charge in [0.25, 0.3) is 0 Å². The van der Waals surface area contributed by atoms with Crippen LogP contribution >= 0.6 is 0 Å². The van der Waals surface area contributed by atoms with Gasteiger partial charge in [-0.2, -0.15) is 0 Å². The third-order valence-electron chi connectivity index (χ3n) is 3.66. The van der Waals surface area contributed by atoms with Crippen molar-refractivity contribution in [3.63, 3.8) is 0 Å². The first-order chi connectivity index (χ1) is 9.17. The van der Waals surface area contributed by atoms with Crippen LogP contribution in [0.15, 0.2) is 24.3 Å². The van der Waals surface area contributed by atoms with Gasteiger partial charge in [-0.1, -0.05) is 32.4 Å². The quantitative estimate of drug-likeness (QED) is 0.887. The van der Waals surface area contributed by atoms with E-state index in [4.69, 9.17) is 0 Å². The lowest BCUT2D eigenvalue weighted by atomic mass is 10.0. The fourth-order valence-corrected chi connectivity index (χ4v) is 2.76. The van der Waals surface area contributed by atoms with Crippen LogP contribution in [0.5, 0.6) is 0 Å². The number of halogens is 1. The molecule has 4 heteroatoms. The fraction of sp³-hybridized carbons (Fsp3) is 0.533. The molecule has 0 spiro atoms. The molecule has 2 unspecified atom stereocenters. The number of carbonyl (C=O) groups is 1. The molecule has 2 rings (SSSR count). The van der Waals surface area contributed by atoms with Gasteiger partial charge in [-0.15, -0.1) is 0 Å². The SMILES string of the molecule is CCCC(CC)N1C(=O)CNC1c1cccc(F)c1. The second-order valence-corrected chi connectivity index (χ2v) is 4.99. The van der Waals surface area contributed by atoms with Gasteiger partial charge in [0.05, 0.1) is 6.54 Å². The molecule has 1 fully saturated rings. The summed E-state index contributed by atoms with van der Waals surface area (Å²) in [5.74, 6) is -0.156. The lowest BCUT2D eigenvalue weighted by Gasteiger charge is -2.32. The van der Waals surface area contributed by atoms with E-state index in [-0.39, 0.29) is 23.9 Å². The van der Waals surface area contributed by atoms with Crippen LogP contribution < -0.4 is 5.32 Å². The molecule has 1 saturated heterocycles. The van der Waals surface area contributed by atoms with Crippen molar-refractivity contribution < 1.29 is 9.18 Å². The Hall–Kier alpha value is -1.42. The van der Waals surface area contributed by atoms with Crippen LogP contribution in [0.1, 0.15) is 44.8 Å². The Morgan fingerprint density at radius 3 is 2.89 bits per heavy atom. The summed E-state index contributed by atoms with van der Waals surface area (Å²) in [4.78, 5) is 14.0. The number of carbonyl (C=O) groups excluding carboxylic acids is 1. The zero-order valence-electron chi connectivity index (χ0n) is 11.5. The Labute approximate surface area is 113 Å². The van der Waals surface area contributed by atoms with Gasteiger partial charge in [-0.25, -0.2) is 4.39 Å². The predicted octanol–water partition coefficient (Wildman–Crippen LogP) is 2.83. The summed E-state index contributed by atoms with van der Waals surface area (Å²) in [7, 11) is 0. The van der Waals surface area contributed by atoms with Crippen molar-refractivity contribution in [2.45, 2.75) is 45.3 Å². The number of benzene rings is 1. The third kappa shape index (κ3) is 2.95. The van der Waals surface area contributed by atoms with E-state index in [0.717, 1.165) is 24.8 Å². The molecule has 104 valence electrons. The van der Waals surface area contributed by atoms with E-state index in [2.05, 4.69) is 19.2 Å². The maximum absolute atomic E-state index is 13.3. The van der Waals surface area contributed by atoms with E-state index in [1.165, 1.54) is 12.1 Å². The Morgan fingerprint density at radius 1 is 1.47 bits per heavy atom. The molecule has 2 atom stereocenters. The lowest BCUT2D eigenvalue weighted by Crippen LogP contribution is -2.39. The average Bonchev–Trinajstić information content (AvgIpc) is 2.78. The van der Waals surface area contributed by atoms with Crippen LogP contribution in [-0.4, -0.2) is 23.4 Å². The summed E-state index contributed by atoms with van der Waals surface area (Å²) < 4.78 is 13.3. The highest BCUT2D eigenvalue weighted by Gasteiger charge is 2.35. The van der Waals surface area contributed by atoms with Crippen molar-refractivity contribution in [1.29, 1.82) is 0 Å². The van der Waals surface area contributed by atoms with Gasteiger partial charge in [0.2, 0.25) is 5.91 Å². The molecule has 1 aliphatic heterocycles. The van der Waals surface area contributed by atoms with Crippen LogP contribution in [0.25, 0.3) is 0 Å². The van der Waals surface area contributed by atoms with Crippen LogP contribution in [0.4, 0.5) is 4.39 Å². The number of hydrogen-bond acceptors (Lipinski definition) is 2. The standard InChI is InChI=1S/C15H21FN2O/c1-3-6-13(4-2)18-14(19)10-17-15(18)11-7-5-8-12(16)9-11/h5,7-9,13,15,17H,3-4,6,10H2,1-2H3. The topological polar surface area (TPSA) is 32.3 Å². The summed E-state index contributed by atoms with van der Waals surface area (Å²) in [6.45, 7) is 4.55. The number of rotatable bonds is 5. The first kappa shape index (κ1) is 14.0. The fourth-order valence-electron chi connectivity index (χ4n) is 2.76. The molecule has 3 nitrogen and oxygen atoms in total. The monoisotopic (exact) mass is 264 g/mol. The predicted molar refractivity (Wildman–Crippen MR) is 73.0 cm³/mol. The summed E-state index contributed by atoms with van der Waals surface area (Å²) in [6.07, 6.45) is 2.75. The minimum Gasteiger partial charge on any atom is -0.319 e. The van der Waals surface area contributed by atoms with Crippen LogP contribution in [0.2, 0.25) is 0 Å². The zero-order chi connectivity index (χ0) is 13.8. The largest absolute Gasteiger partial charge is 0.319 e. The summed E-state index contributed by atoms with van der Waals surface area (Å²) in [5, 5.41) is 3.18. The molecular weight excluding hydrogens is 243 g/mol. The molecule has 1 N–H and O–H groups in total. The number of hydrogen-bond donors (Lipinski definition) is 1. The molecule has 1 aromatic rings. The molecule has 0 saturated carbocycles. The van der Waals surface area contributed by atoms with Gasteiger partial charge in [-0.3, -0.25) is 10.1 Å². The molecule has 0 bridgehead atoms. The van der Waals surface area contributed by atoms with Gasteiger partial charge in [-0.05, 0) is 30.5 Å². The third-order valence-corrected chi connectivity index (χ3v) is 3.66. The van der Waals surface area contributed by atoms with Crippen molar-refractivity contribution in [2.75, 3.05) is 6.54 Å². The van der Waals surface area contributed by atoms with E-state index < -0.39 is 0 Å². The van der Waals surface area contributed by atoms with Gasteiger partial charge in [0, 0.05) is 6.04 Å². The van der Waals surface area contributed by atoms with Crippen LogP contribution in [0.3, 0.4) is 0 Å². The van der Waals surface area contributed by atoms with Crippen LogP contribution in [0, 0.1) is 5.82 Å². The first-order valence-electron chi connectivity index (χ1n) is 6.97. The van der Waals surface area contributed by atoms with Gasteiger partial charge < -0.3 is 4.90 Å². The summed E-state index contributed by atoms with van der Waals surface area (Å²) >= 11 is 0. The lowest BCUT2D eigenvalue weighted by molar-refractivity contribution is -0.130. The van der Waals surface area contributed by atoms with E-state index in [1.807, 2.05) is 11.0 Å². The maximum Gasteiger partial charge on any atom is 0.238 e. The van der Waals surface area contributed by atoms with Crippen molar-refractivity contribution in [1.82, 2.24) is 10.2 Å². The van der Waals surface area contributed by atoms with E-state index >= 15 is 0 Å². The van der Waals surface area contributed by atoms with Gasteiger partial charge in [0.1, 0.15) is 12.0 Å². The molecular formula is C15H21FN2O. The smallest absolute Gasteiger partial charge is 0.238 e. The van der Waals surface area contributed by atoms with E-state index in [1.54, 1.807) is 6.07 Å². The number of amides is 1. The highest BCUT2D eigenvalue weighted by atomic mass is 19.1. The molecule has 1 aliphatic rings. The molecule has 0 radical (unpaired) electrons. The molecule has 0 aliphatic carbocycles. The normalized spacial score (nSPS) is 20.9. The van der Waals surface area contributed by atoms with E-state index in [0.29, 0.717) is 6.54 Å². The van der Waals surface area contributed by atoms with Crippen LogP contribution in [-0.2, 0) is 4.79 Å². The highest BCUT2D eigenvalue weighted by molar-refractivity contribution is 5.81. The molecule has 1 heterocycles. The second kappa shape index (κ2) is 6.15. The molecule has 0 aromatic heterocycles. The molecule has 1 amide bonds. The van der Waals surface area contributed by atoms with Crippen molar-refractivity contribution in [2.24, 2.45) is 0 Å². The second-order valence-electron chi connectivity index (χ2n) is 4.99. The molecule has 1 aromatic carbocycles. The molecule has 19 heavy (non-hydrogen) atoms. The number of nitrogens with zero attached hydrogens (tertiary/aromatic N) is 1. The van der Waals surface area contributed by atoms with Gasteiger partial charge in [0.15, 0.2) is 0 Å². The Bertz CT molecular complexity index is 450. The van der Waals surface area contributed by atoms with Crippen molar-refractivity contribution in [3.05, 3.63) is 35.6 Å². The Morgan fingerprint density at radius 2 is 2.26 bits per heavy atom. The Balaban J connectivity index is 2.26. The van der Waals surface area contributed by atoms with E-state index in [9.17, 15) is 9.18 Å². The van der Waals surface area contributed by atoms with Gasteiger partial charge >= 0.3 is 0 Å². The average molecular weight is 264 g/mol. The minimum absolute atomic E-state index is 0.106. The maximum atomic E-state index is 13.3. The number of nitrogens with one attached hydrogen (secondary N) is 1. The first-order valence-corrected chi connectivity index (χ1v) is 6.97. The van der Waals surface area contributed by atoms with Crippen molar-refractivity contribution in [3.8, 4) is 0 Å². The summed E-state index contributed by atoms with van der Waals surface area (Å²) in [5.41, 5.74) is 0.820. The minimum atomic E-state index is -0.262. The zero-order valence-corrected chi connectivity index (χ0v) is 11.5. The summed E-state index contributed by atoms with van der Waals surface area (Å²) in [6, 6.07) is 6.70. The highest BCUT2D eigenvalue weighted by Crippen LogP contribution is 2.28. The Kier molecular flexibility index (Phi) is 4.53.